The Kier molecular flexibility index (Phi) is 5.78. The van der Waals surface area contributed by atoms with E-state index in [1.54, 1.807) is 17.4 Å². The van der Waals surface area contributed by atoms with Crippen molar-refractivity contribution in [3.8, 4) is 0 Å². The number of aliphatic hydroxyl groups is 1. The predicted molar refractivity (Wildman–Crippen MR) is 91.9 cm³/mol. The maximum atomic E-state index is 13.9. The number of rotatable bonds is 6. The standard InChI is InChI=1S/C18H23FN2OS/c19-18-6-2-1-4-15(18)12-21-9-8-20(13-16(21)7-10-22)14-17-5-3-11-23-17/h1-6,11,16,22H,7-10,12-14H2/t16-/m0/s1. The lowest BCUT2D eigenvalue weighted by Gasteiger charge is -2.41. The molecule has 0 amide bonds. The van der Waals surface area contributed by atoms with E-state index in [0.717, 1.165) is 38.2 Å². The first-order valence-corrected chi connectivity index (χ1v) is 8.97. The first kappa shape index (κ1) is 16.6. The molecule has 5 heteroatoms. The van der Waals surface area contributed by atoms with E-state index >= 15 is 0 Å². The predicted octanol–water partition coefficient (Wildman–Crippen LogP) is 2.96. The number of nitrogens with zero attached hydrogens (tertiary/aromatic N) is 2. The van der Waals surface area contributed by atoms with Crippen molar-refractivity contribution in [1.82, 2.24) is 9.80 Å². The lowest BCUT2D eigenvalue weighted by molar-refractivity contribution is 0.0498. The molecule has 1 N–H and O–H groups in total. The molecule has 3 nitrogen and oxygen atoms in total. The molecular weight excluding hydrogens is 311 g/mol. The second-order valence-corrected chi connectivity index (χ2v) is 7.07. The van der Waals surface area contributed by atoms with Crippen LogP contribution in [0.3, 0.4) is 0 Å². The highest BCUT2D eigenvalue weighted by atomic mass is 32.1. The van der Waals surface area contributed by atoms with Gasteiger partial charge in [0.15, 0.2) is 0 Å². The zero-order valence-corrected chi connectivity index (χ0v) is 14.0. The summed E-state index contributed by atoms with van der Waals surface area (Å²) in [6, 6.07) is 11.5. The van der Waals surface area contributed by atoms with Crippen molar-refractivity contribution >= 4 is 11.3 Å². The molecule has 0 spiro atoms. The first-order valence-electron chi connectivity index (χ1n) is 8.09. The molecule has 1 aromatic heterocycles. The van der Waals surface area contributed by atoms with Crippen LogP contribution in [0.5, 0.6) is 0 Å². The number of piperazine rings is 1. The van der Waals surface area contributed by atoms with Gasteiger partial charge in [-0.05, 0) is 23.9 Å². The van der Waals surface area contributed by atoms with Gasteiger partial charge in [0.1, 0.15) is 5.82 Å². The SMILES string of the molecule is OCC[C@H]1CN(Cc2cccs2)CCN1Cc1ccccc1F. The van der Waals surface area contributed by atoms with E-state index in [4.69, 9.17) is 0 Å². The topological polar surface area (TPSA) is 26.7 Å². The molecule has 2 heterocycles. The zero-order valence-electron chi connectivity index (χ0n) is 13.2. The normalized spacial score (nSPS) is 20.0. The van der Waals surface area contributed by atoms with Gasteiger partial charge < -0.3 is 5.11 Å². The largest absolute Gasteiger partial charge is 0.396 e. The Morgan fingerprint density at radius 2 is 2.00 bits per heavy atom. The first-order chi connectivity index (χ1) is 11.3. The Bertz CT molecular complexity index is 605. The maximum Gasteiger partial charge on any atom is 0.127 e. The minimum absolute atomic E-state index is 0.142. The highest BCUT2D eigenvalue weighted by Gasteiger charge is 2.27. The van der Waals surface area contributed by atoms with Crippen LogP contribution >= 0.6 is 11.3 Å². The van der Waals surface area contributed by atoms with E-state index in [9.17, 15) is 9.50 Å². The summed E-state index contributed by atoms with van der Waals surface area (Å²) in [7, 11) is 0. The Balaban J connectivity index is 1.64. The minimum Gasteiger partial charge on any atom is -0.396 e. The molecule has 1 aliphatic rings. The minimum atomic E-state index is -0.142. The van der Waals surface area contributed by atoms with Crippen LogP contribution in [-0.4, -0.2) is 47.2 Å². The Hall–Kier alpha value is -1.27. The molecule has 23 heavy (non-hydrogen) atoms. The third-order valence-electron chi connectivity index (χ3n) is 4.44. The number of thiophene rings is 1. The molecule has 2 aromatic rings. The molecule has 124 valence electrons. The van der Waals surface area contributed by atoms with Gasteiger partial charge in [-0.2, -0.15) is 0 Å². The molecule has 1 atom stereocenters. The van der Waals surface area contributed by atoms with Crippen LogP contribution in [-0.2, 0) is 13.1 Å². The second kappa shape index (κ2) is 8.02. The Labute approximate surface area is 141 Å². The van der Waals surface area contributed by atoms with Crippen molar-refractivity contribution in [2.24, 2.45) is 0 Å². The molecule has 3 rings (SSSR count). The van der Waals surface area contributed by atoms with Crippen LogP contribution < -0.4 is 0 Å². The van der Waals surface area contributed by atoms with Crippen molar-refractivity contribution < 1.29 is 9.50 Å². The maximum absolute atomic E-state index is 13.9. The molecule has 1 fully saturated rings. The van der Waals surface area contributed by atoms with Gasteiger partial charge in [-0.1, -0.05) is 24.3 Å². The number of hydrogen-bond acceptors (Lipinski definition) is 4. The van der Waals surface area contributed by atoms with Gasteiger partial charge >= 0.3 is 0 Å². The van der Waals surface area contributed by atoms with E-state index in [1.807, 2.05) is 12.1 Å². The average molecular weight is 334 g/mol. The van der Waals surface area contributed by atoms with Crippen LogP contribution in [0.25, 0.3) is 0 Å². The van der Waals surface area contributed by atoms with E-state index < -0.39 is 0 Å². The third kappa shape index (κ3) is 4.38. The van der Waals surface area contributed by atoms with Crippen molar-refractivity contribution in [3.63, 3.8) is 0 Å². The molecule has 1 saturated heterocycles. The van der Waals surface area contributed by atoms with Gasteiger partial charge in [0.25, 0.3) is 0 Å². The molecule has 0 radical (unpaired) electrons. The molecule has 0 unspecified atom stereocenters. The number of hydrogen-bond donors (Lipinski definition) is 1. The summed E-state index contributed by atoms with van der Waals surface area (Å²) < 4.78 is 13.9. The van der Waals surface area contributed by atoms with E-state index in [0.29, 0.717) is 6.54 Å². The fourth-order valence-corrected chi connectivity index (χ4v) is 3.95. The highest BCUT2D eigenvalue weighted by Crippen LogP contribution is 2.20. The van der Waals surface area contributed by atoms with Gasteiger partial charge in [0.05, 0.1) is 0 Å². The lowest BCUT2D eigenvalue weighted by Crippen LogP contribution is -2.52. The van der Waals surface area contributed by atoms with Crippen LogP contribution in [0.2, 0.25) is 0 Å². The fraction of sp³-hybridized carbons (Fsp3) is 0.444. The quantitative estimate of drug-likeness (QED) is 0.880. The van der Waals surface area contributed by atoms with Crippen LogP contribution in [0.15, 0.2) is 41.8 Å². The Morgan fingerprint density at radius 3 is 2.74 bits per heavy atom. The monoisotopic (exact) mass is 334 g/mol. The zero-order chi connectivity index (χ0) is 16.1. The van der Waals surface area contributed by atoms with Gasteiger partial charge in [-0.25, -0.2) is 4.39 Å². The molecule has 1 aromatic carbocycles. The fourth-order valence-electron chi connectivity index (χ4n) is 3.20. The molecule has 1 aliphatic heterocycles. The highest BCUT2D eigenvalue weighted by molar-refractivity contribution is 7.09. The van der Waals surface area contributed by atoms with Crippen molar-refractivity contribution in [3.05, 3.63) is 58.0 Å². The summed E-state index contributed by atoms with van der Waals surface area (Å²) in [6.07, 6.45) is 0.732. The van der Waals surface area contributed by atoms with Crippen molar-refractivity contribution in [2.45, 2.75) is 25.6 Å². The van der Waals surface area contributed by atoms with Crippen LogP contribution in [0, 0.1) is 5.82 Å². The van der Waals surface area contributed by atoms with Crippen LogP contribution in [0.1, 0.15) is 16.9 Å². The summed E-state index contributed by atoms with van der Waals surface area (Å²) in [5.41, 5.74) is 0.738. The van der Waals surface area contributed by atoms with E-state index in [2.05, 4.69) is 27.3 Å². The van der Waals surface area contributed by atoms with Crippen LogP contribution in [0.4, 0.5) is 4.39 Å². The summed E-state index contributed by atoms with van der Waals surface area (Å²) in [6.45, 7) is 4.56. The van der Waals surface area contributed by atoms with Gasteiger partial charge in [0.2, 0.25) is 0 Å². The summed E-state index contributed by atoms with van der Waals surface area (Å²) >= 11 is 1.78. The van der Waals surface area contributed by atoms with Gasteiger partial charge in [-0.15, -0.1) is 11.3 Å². The molecule has 0 bridgehead atoms. The average Bonchev–Trinajstić information content (AvgIpc) is 3.05. The van der Waals surface area contributed by atoms with Gasteiger partial charge in [-0.3, -0.25) is 9.80 Å². The summed E-state index contributed by atoms with van der Waals surface area (Å²) in [5.74, 6) is -0.142. The number of halogens is 1. The summed E-state index contributed by atoms with van der Waals surface area (Å²) in [5, 5.41) is 11.5. The number of benzene rings is 1. The number of aliphatic hydroxyl groups excluding tert-OH is 1. The van der Waals surface area contributed by atoms with E-state index in [-0.39, 0.29) is 18.5 Å². The van der Waals surface area contributed by atoms with Crippen molar-refractivity contribution in [2.75, 3.05) is 26.2 Å². The molecule has 0 saturated carbocycles. The molecular formula is C18H23FN2OS. The van der Waals surface area contributed by atoms with Gasteiger partial charge in [0, 0.05) is 55.8 Å². The second-order valence-electron chi connectivity index (χ2n) is 6.04. The lowest BCUT2D eigenvalue weighted by atomic mass is 10.1. The third-order valence-corrected chi connectivity index (χ3v) is 5.30. The Morgan fingerprint density at radius 1 is 1.13 bits per heavy atom. The van der Waals surface area contributed by atoms with E-state index in [1.165, 1.54) is 10.9 Å². The molecule has 0 aliphatic carbocycles. The summed E-state index contributed by atoms with van der Waals surface area (Å²) in [4.78, 5) is 6.11. The smallest absolute Gasteiger partial charge is 0.127 e. The van der Waals surface area contributed by atoms with Crippen molar-refractivity contribution in [1.29, 1.82) is 0 Å².